The number of likely N-dealkylation sites (tertiary alicyclic amines) is 1. The lowest BCUT2D eigenvalue weighted by molar-refractivity contribution is 0.126. The summed E-state index contributed by atoms with van der Waals surface area (Å²) in [5.74, 6) is 0.932. The molecule has 2 heterocycles. The van der Waals surface area contributed by atoms with Crippen LogP contribution in [0.5, 0.6) is 11.5 Å². The number of ether oxygens (including phenoxy) is 1. The minimum Gasteiger partial charge on any atom is -0.507 e. The van der Waals surface area contributed by atoms with Crippen molar-refractivity contribution in [2.75, 3.05) is 13.7 Å². The minimum absolute atomic E-state index is 0.105. The summed E-state index contributed by atoms with van der Waals surface area (Å²) in [6.07, 6.45) is 3.51. The van der Waals surface area contributed by atoms with Crippen molar-refractivity contribution in [3.05, 3.63) is 58.3 Å². The molecule has 0 unspecified atom stereocenters. The van der Waals surface area contributed by atoms with Crippen molar-refractivity contribution in [1.29, 1.82) is 0 Å². The van der Waals surface area contributed by atoms with Crippen molar-refractivity contribution in [2.24, 2.45) is 10.8 Å². The molecule has 0 radical (unpaired) electrons. The molecule has 5 rings (SSSR count). The topological polar surface area (TPSA) is 62.9 Å². The van der Waals surface area contributed by atoms with E-state index in [1.54, 1.807) is 6.07 Å². The highest BCUT2D eigenvalue weighted by Crippen LogP contribution is 2.53. The lowest BCUT2D eigenvalue weighted by Gasteiger charge is -2.40. The molecular formula is C27H31NO4. The summed E-state index contributed by atoms with van der Waals surface area (Å²) in [7, 11) is 1.50. The monoisotopic (exact) mass is 433 g/mol. The molecule has 168 valence electrons. The number of hydrogen-bond acceptors (Lipinski definition) is 5. The summed E-state index contributed by atoms with van der Waals surface area (Å²) in [5.41, 5.74) is 2.32. The normalized spacial score (nSPS) is 24.7. The second-order valence-corrected chi connectivity index (χ2v) is 10.7. The van der Waals surface area contributed by atoms with Crippen LogP contribution in [0, 0.1) is 10.8 Å². The Morgan fingerprint density at radius 1 is 1.16 bits per heavy atom. The Kier molecular flexibility index (Phi) is 4.86. The van der Waals surface area contributed by atoms with Crippen LogP contribution in [0.15, 0.2) is 51.7 Å². The molecule has 5 heteroatoms. The minimum atomic E-state index is -0.170. The Morgan fingerprint density at radius 2 is 1.91 bits per heavy atom. The highest BCUT2D eigenvalue weighted by atomic mass is 16.5. The third-order valence-corrected chi connectivity index (χ3v) is 7.21. The van der Waals surface area contributed by atoms with E-state index in [-0.39, 0.29) is 16.6 Å². The second kappa shape index (κ2) is 7.38. The lowest BCUT2D eigenvalue weighted by atomic mass is 9.65. The molecule has 5 nitrogen and oxygen atoms in total. The number of rotatable bonds is 4. The Labute approximate surface area is 188 Å². The standard InChI is InChI=1S/C27H31NO4/c1-26(2)12-18-13-27(3,15-26)16-28(18)14-19-20(29)10-23(31-4)24-21(30)11-22(32-25(19)24)17-8-6-5-7-9-17/h5-11,18,29H,12-16H2,1-4H3/t18-,27-/m1/s1. The van der Waals surface area contributed by atoms with E-state index in [1.807, 2.05) is 30.3 Å². The number of benzene rings is 2. The fraction of sp³-hybridized carbons (Fsp3) is 0.444. The fourth-order valence-electron chi connectivity index (χ4n) is 6.36. The maximum absolute atomic E-state index is 13.1. The lowest BCUT2D eigenvalue weighted by Crippen LogP contribution is -2.34. The van der Waals surface area contributed by atoms with E-state index in [4.69, 9.17) is 9.15 Å². The highest BCUT2D eigenvalue weighted by molar-refractivity contribution is 5.89. The van der Waals surface area contributed by atoms with Crippen molar-refractivity contribution in [3.8, 4) is 22.8 Å². The zero-order valence-corrected chi connectivity index (χ0v) is 19.3. The van der Waals surface area contributed by atoms with E-state index in [0.29, 0.717) is 46.0 Å². The molecule has 0 amide bonds. The first kappa shape index (κ1) is 21.1. The summed E-state index contributed by atoms with van der Waals surface area (Å²) in [6.45, 7) is 8.61. The van der Waals surface area contributed by atoms with Crippen molar-refractivity contribution in [1.82, 2.24) is 4.90 Å². The molecule has 1 aromatic heterocycles. The number of hydrogen-bond donors (Lipinski definition) is 1. The molecule has 3 aromatic rings. The van der Waals surface area contributed by atoms with E-state index >= 15 is 0 Å². The van der Waals surface area contributed by atoms with Gasteiger partial charge in [0, 0.05) is 36.8 Å². The smallest absolute Gasteiger partial charge is 0.197 e. The first-order valence-electron chi connectivity index (χ1n) is 11.3. The molecule has 2 aliphatic rings. The van der Waals surface area contributed by atoms with Crippen LogP contribution in [-0.2, 0) is 6.54 Å². The maximum Gasteiger partial charge on any atom is 0.197 e. The molecule has 2 fully saturated rings. The van der Waals surface area contributed by atoms with Gasteiger partial charge in [0.1, 0.15) is 22.6 Å². The van der Waals surface area contributed by atoms with Gasteiger partial charge in [-0.15, -0.1) is 0 Å². The Balaban J connectivity index is 1.64. The summed E-state index contributed by atoms with van der Waals surface area (Å²) in [6, 6.07) is 13.1. The average Bonchev–Trinajstić information content (AvgIpc) is 2.97. The molecule has 1 aliphatic carbocycles. The second-order valence-electron chi connectivity index (χ2n) is 10.7. The van der Waals surface area contributed by atoms with Crippen molar-refractivity contribution >= 4 is 11.0 Å². The van der Waals surface area contributed by atoms with Crippen LogP contribution in [0.4, 0.5) is 0 Å². The number of phenolic OH excluding ortho intramolecular Hbond substituents is 1. The van der Waals surface area contributed by atoms with E-state index in [0.717, 1.165) is 18.5 Å². The van der Waals surface area contributed by atoms with Crippen LogP contribution >= 0.6 is 0 Å². The van der Waals surface area contributed by atoms with Gasteiger partial charge in [-0.1, -0.05) is 51.1 Å². The van der Waals surface area contributed by atoms with E-state index in [1.165, 1.54) is 26.0 Å². The van der Waals surface area contributed by atoms with E-state index < -0.39 is 0 Å². The predicted molar refractivity (Wildman–Crippen MR) is 126 cm³/mol. The van der Waals surface area contributed by atoms with Gasteiger partial charge in [-0.25, -0.2) is 0 Å². The quantitative estimate of drug-likeness (QED) is 0.582. The zero-order valence-electron chi connectivity index (χ0n) is 19.3. The Morgan fingerprint density at radius 3 is 2.62 bits per heavy atom. The van der Waals surface area contributed by atoms with Gasteiger partial charge in [-0.3, -0.25) is 9.69 Å². The number of phenols is 1. The van der Waals surface area contributed by atoms with E-state index in [9.17, 15) is 9.90 Å². The third-order valence-electron chi connectivity index (χ3n) is 7.21. The molecule has 2 bridgehead atoms. The van der Waals surface area contributed by atoms with E-state index in [2.05, 4.69) is 25.7 Å². The first-order chi connectivity index (χ1) is 15.2. The summed E-state index contributed by atoms with van der Waals surface area (Å²) < 4.78 is 11.7. The summed E-state index contributed by atoms with van der Waals surface area (Å²) in [4.78, 5) is 15.6. The zero-order chi connectivity index (χ0) is 22.7. The SMILES string of the molecule is COc1cc(O)c(CN2C[C@]3(C)C[C@H]2CC(C)(C)C3)c2oc(-c3ccccc3)cc(=O)c12. The molecule has 32 heavy (non-hydrogen) atoms. The summed E-state index contributed by atoms with van der Waals surface area (Å²) >= 11 is 0. The maximum atomic E-state index is 13.1. The Bertz CT molecular complexity index is 1230. The molecule has 1 aliphatic heterocycles. The Hall–Kier alpha value is -2.79. The number of methoxy groups -OCH3 is 1. The number of fused-ring (bicyclic) bond motifs is 3. The van der Waals surface area contributed by atoms with Gasteiger partial charge < -0.3 is 14.3 Å². The molecule has 1 saturated heterocycles. The molecule has 2 atom stereocenters. The van der Waals surface area contributed by atoms with Gasteiger partial charge in [0.15, 0.2) is 11.0 Å². The van der Waals surface area contributed by atoms with Gasteiger partial charge in [0.2, 0.25) is 0 Å². The van der Waals surface area contributed by atoms with Crippen molar-refractivity contribution < 1.29 is 14.3 Å². The number of nitrogens with zero attached hydrogens (tertiary/aromatic N) is 1. The van der Waals surface area contributed by atoms with Gasteiger partial charge in [0.25, 0.3) is 0 Å². The highest BCUT2D eigenvalue weighted by Gasteiger charge is 2.49. The van der Waals surface area contributed by atoms with Crippen LogP contribution in [0.25, 0.3) is 22.3 Å². The largest absolute Gasteiger partial charge is 0.507 e. The van der Waals surface area contributed by atoms with Crippen molar-refractivity contribution in [3.63, 3.8) is 0 Å². The van der Waals surface area contributed by atoms with Crippen LogP contribution in [0.2, 0.25) is 0 Å². The van der Waals surface area contributed by atoms with Crippen LogP contribution in [-0.4, -0.2) is 29.7 Å². The molecule has 1 saturated carbocycles. The van der Waals surface area contributed by atoms with Gasteiger partial charge >= 0.3 is 0 Å². The van der Waals surface area contributed by atoms with Gasteiger partial charge in [-0.2, -0.15) is 0 Å². The molecule has 2 aromatic carbocycles. The summed E-state index contributed by atoms with van der Waals surface area (Å²) in [5, 5.41) is 11.4. The average molecular weight is 434 g/mol. The van der Waals surface area contributed by atoms with Crippen molar-refractivity contribution in [2.45, 2.75) is 52.6 Å². The predicted octanol–water partition coefficient (Wildman–Crippen LogP) is 5.57. The molecular weight excluding hydrogens is 402 g/mol. The first-order valence-corrected chi connectivity index (χ1v) is 11.3. The van der Waals surface area contributed by atoms with Crippen LogP contribution in [0.1, 0.15) is 45.6 Å². The number of aromatic hydroxyl groups is 1. The molecule has 0 spiro atoms. The third kappa shape index (κ3) is 3.58. The van der Waals surface area contributed by atoms with Gasteiger partial charge in [0.05, 0.1) is 12.7 Å². The van der Waals surface area contributed by atoms with Crippen LogP contribution < -0.4 is 10.2 Å². The van der Waals surface area contributed by atoms with Gasteiger partial charge in [-0.05, 0) is 30.1 Å². The van der Waals surface area contributed by atoms with Crippen LogP contribution in [0.3, 0.4) is 0 Å². The fourth-order valence-corrected chi connectivity index (χ4v) is 6.36. The molecule has 1 N–H and O–H groups in total.